The summed E-state index contributed by atoms with van der Waals surface area (Å²) >= 11 is 0. The van der Waals surface area contributed by atoms with Gasteiger partial charge in [-0.3, -0.25) is 0 Å². The van der Waals surface area contributed by atoms with Crippen molar-refractivity contribution in [2.45, 2.75) is 6.18 Å². The van der Waals surface area contributed by atoms with Crippen molar-refractivity contribution in [1.82, 2.24) is 19.5 Å². The molecule has 8 rings (SSSR count). The van der Waals surface area contributed by atoms with Crippen LogP contribution in [0.1, 0.15) is 11.1 Å². The van der Waals surface area contributed by atoms with E-state index in [1.54, 1.807) is 12.1 Å². The topological polar surface area (TPSA) is 67.4 Å². The van der Waals surface area contributed by atoms with Gasteiger partial charge >= 0.3 is 6.18 Å². The highest BCUT2D eigenvalue weighted by molar-refractivity contribution is 6.10. The third kappa shape index (κ3) is 5.47. The Labute approximate surface area is 279 Å². The highest BCUT2D eigenvalue weighted by Gasteiger charge is 2.31. The fraction of sp³-hybridized carbons (Fsp3) is 0.0244. The van der Waals surface area contributed by atoms with Gasteiger partial charge < -0.3 is 4.57 Å². The van der Waals surface area contributed by atoms with Crippen LogP contribution >= 0.6 is 0 Å². The molecule has 2 aromatic heterocycles. The van der Waals surface area contributed by atoms with Crippen molar-refractivity contribution < 1.29 is 13.2 Å². The van der Waals surface area contributed by atoms with Crippen LogP contribution in [0.25, 0.3) is 72.8 Å². The first-order valence-electron chi connectivity index (χ1n) is 15.5. The van der Waals surface area contributed by atoms with Gasteiger partial charge in [0.05, 0.1) is 33.9 Å². The molecule has 0 fully saturated rings. The van der Waals surface area contributed by atoms with Crippen LogP contribution in [0.2, 0.25) is 0 Å². The number of nitriles is 1. The van der Waals surface area contributed by atoms with Crippen LogP contribution in [0.5, 0.6) is 0 Å². The molecular weight excluding hydrogens is 619 g/mol. The lowest BCUT2D eigenvalue weighted by molar-refractivity contribution is -0.137. The molecule has 8 heteroatoms. The number of hydrogen-bond donors (Lipinski definition) is 0. The van der Waals surface area contributed by atoms with Crippen LogP contribution < -0.4 is 0 Å². The van der Waals surface area contributed by atoms with E-state index in [4.69, 9.17) is 15.0 Å². The van der Waals surface area contributed by atoms with E-state index in [1.165, 1.54) is 6.07 Å². The first-order valence-corrected chi connectivity index (χ1v) is 15.5. The Morgan fingerprint density at radius 3 is 1.76 bits per heavy atom. The Morgan fingerprint density at radius 1 is 0.510 bits per heavy atom. The summed E-state index contributed by atoms with van der Waals surface area (Å²) < 4.78 is 43.8. The largest absolute Gasteiger partial charge is 0.416 e. The Balaban J connectivity index is 1.43. The van der Waals surface area contributed by atoms with Gasteiger partial charge in [0.15, 0.2) is 17.5 Å². The second-order valence-electron chi connectivity index (χ2n) is 11.5. The SMILES string of the molecule is N#Cc1ccc2c3ccccc3n(-c3cc(-c4nc(-c5ccccc5)nc(-c5ccccc5)n4)ccc3-c3cccc(C(F)(F)F)c3)c2c1. The van der Waals surface area contributed by atoms with Crippen molar-refractivity contribution in [3.63, 3.8) is 0 Å². The summed E-state index contributed by atoms with van der Waals surface area (Å²) in [6.07, 6.45) is -4.52. The predicted octanol–water partition coefficient (Wildman–Crippen LogP) is 10.5. The summed E-state index contributed by atoms with van der Waals surface area (Å²) in [6, 6.07) is 45.6. The fourth-order valence-electron chi connectivity index (χ4n) is 6.20. The fourth-order valence-corrected chi connectivity index (χ4v) is 6.20. The van der Waals surface area contributed by atoms with Gasteiger partial charge in [0.1, 0.15) is 0 Å². The Bertz CT molecular complexity index is 2490. The number of rotatable bonds is 5. The third-order valence-electron chi connectivity index (χ3n) is 8.50. The molecule has 0 aliphatic heterocycles. The molecule has 6 aromatic carbocycles. The molecule has 2 heterocycles. The van der Waals surface area contributed by atoms with E-state index in [2.05, 4.69) is 6.07 Å². The maximum absolute atomic E-state index is 13.9. The lowest BCUT2D eigenvalue weighted by atomic mass is 9.98. The van der Waals surface area contributed by atoms with Crippen molar-refractivity contribution in [2.75, 3.05) is 0 Å². The number of hydrogen-bond acceptors (Lipinski definition) is 4. The number of nitrogens with zero attached hydrogens (tertiary/aromatic N) is 5. The maximum Gasteiger partial charge on any atom is 0.416 e. The molecule has 0 amide bonds. The number of alkyl halides is 3. The summed E-state index contributed by atoms with van der Waals surface area (Å²) in [5.41, 5.74) is 5.15. The van der Waals surface area contributed by atoms with E-state index in [0.717, 1.165) is 45.1 Å². The second kappa shape index (κ2) is 11.9. The smallest absolute Gasteiger partial charge is 0.309 e. The number of fused-ring (bicyclic) bond motifs is 3. The highest BCUT2D eigenvalue weighted by Crippen LogP contribution is 2.40. The number of para-hydroxylation sites is 1. The number of benzene rings is 6. The lowest BCUT2D eigenvalue weighted by Gasteiger charge is -2.17. The monoisotopic (exact) mass is 643 g/mol. The van der Waals surface area contributed by atoms with Crippen molar-refractivity contribution in [2.24, 2.45) is 0 Å². The summed E-state index contributed by atoms with van der Waals surface area (Å²) in [5, 5.41) is 11.7. The third-order valence-corrected chi connectivity index (χ3v) is 8.50. The van der Waals surface area contributed by atoms with E-state index >= 15 is 0 Å². The van der Waals surface area contributed by atoms with Crippen LogP contribution in [0, 0.1) is 11.3 Å². The molecule has 0 aliphatic carbocycles. The summed E-state index contributed by atoms with van der Waals surface area (Å²) in [7, 11) is 0. The highest BCUT2D eigenvalue weighted by atomic mass is 19.4. The molecule has 0 N–H and O–H groups in total. The zero-order valence-corrected chi connectivity index (χ0v) is 25.7. The summed E-state index contributed by atoms with van der Waals surface area (Å²) in [5.74, 6) is 1.38. The molecule has 234 valence electrons. The normalized spacial score (nSPS) is 11.6. The van der Waals surface area contributed by atoms with E-state index in [9.17, 15) is 18.4 Å². The number of aromatic nitrogens is 4. The van der Waals surface area contributed by atoms with E-state index in [-0.39, 0.29) is 0 Å². The standard InChI is InChI=1S/C41H24F3N5/c42-41(43,44)31-15-9-14-29(23-31)32-21-19-30(24-37(32)49-35-17-8-7-16-33(35)34-20-18-26(25-45)22-36(34)49)40-47-38(27-10-3-1-4-11-27)46-39(48-40)28-12-5-2-6-13-28/h1-24H. The van der Waals surface area contributed by atoms with Crippen molar-refractivity contribution in [3.05, 3.63) is 157 Å². The quantitative estimate of drug-likeness (QED) is 0.187. The Kier molecular flexibility index (Phi) is 7.23. The minimum atomic E-state index is -4.52. The Hall–Kier alpha value is -6.59. The molecule has 8 aromatic rings. The predicted molar refractivity (Wildman–Crippen MR) is 186 cm³/mol. The Morgan fingerprint density at radius 2 is 1.10 bits per heavy atom. The second-order valence-corrected chi connectivity index (χ2v) is 11.5. The minimum Gasteiger partial charge on any atom is -0.309 e. The van der Waals surface area contributed by atoms with Gasteiger partial charge in [0.25, 0.3) is 0 Å². The van der Waals surface area contributed by atoms with Gasteiger partial charge in [-0.25, -0.2) is 15.0 Å². The van der Waals surface area contributed by atoms with E-state index < -0.39 is 11.7 Å². The molecular formula is C41H24F3N5. The van der Waals surface area contributed by atoms with Gasteiger partial charge in [-0.1, -0.05) is 109 Å². The molecule has 0 unspecified atom stereocenters. The van der Waals surface area contributed by atoms with Crippen LogP contribution in [0.4, 0.5) is 13.2 Å². The average Bonchev–Trinajstić information content (AvgIpc) is 3.48. The van der Waals surface area contributed by atoms with Crippen molar-refractivity contribution in [3.8, 4) is 57.0 Å². The van der Waals surface area contributed by atoms with Crippen LogP contribution in [0.15, 0.2) is 146 Å². The van der Waals surface area contributed by atoms with Gasteiger partial charge in [-0.2, -0.15) is 18.4 Å². The van der Waals surface area contributed by atoms with Gasteiger partial charge in [-0.05, 0) is 42.0 Å². The average molecular weight is 644 g/mol. The van der Waals surface area contributed by atoms with Crippen LogP contribution in [-0.2, 0) is 6.18 Å². The van der Waals surface area contributed by atoms with Crippen LogP contribution in [0.3, 0.4) is 0 Å². The molecule has 0 saturated heterocycles. The lowest BCUT2D eigenvalue weighted by Crippen LogP contribution is -2.05. The molecule has 0 aliphatic rings. The molecule has 0 atom stereocenters. The summed E-state index contributed by atoms with van der Waals surface area (Å²) in [4.78, 5) is 14.6. The molecule has 0 saturated carbocycles. The molecule has 5 nitrogen and oxygen atoms in total. The first-order chi connectivity index (χ1) is 23.9. The van der Waals surface area contributed by atoms with Crippen molar-refractivity contribution >= 4 is 21.8 Å². The van der Waals surface area contributed by atoms with Crippen molar-refractivity contribution in [1.29, 1.82) is 5.26 Å². The van der Waals surface area contributed by atoms with Gasteiger partial charge in [-0.15, -0.1) is 0 Å². The minimum absolute atomic E-state index is 0.393. The van der Waals surface area contributed by atoms with E-state index in [0.29, 0.717) is 45.4 Å². The van der Waals surface area contributed by atoms with Crippen LogP contribution in [-0.4, -0.2) is 19.5 Å². The molecule has 0 radical (unpaired) electrons. The first kappa shape index (κ1) is 29.8. The van der Waals surface area contributed by atoms with Gasteiger partial charge in [0.2, 0.25) is 0 Å². The number of halogens is 3. The zero-order chi connectivity index (χ0) is 33.5. The molecule has 0 bridgehead atoms. The zero-order valence-electron chi connectivity index (χ0n) is 25.7. The van der Waals surface area contributed by atoms with Gasteiger partial charge in [0, 0.05) is 33.0 Å². The maximum atomic E-state index is 13.9. The van der Waals surface area contributed by atoms with E-state index in [1.807, 2.05) is 120 Å². The molecule has 0 spiro atoms. The summed E-state index contributed by atoms with van der Waals surface area (Å²) in [6.45, 7) is 0. The molecule has 49 heavy (non-hydrogen) atoms.